The lowest BCUT2D eigenvalue weighted by Gasteiger charge is -2.36. The molecule has 4 aromatic rings. The minimum atomic E-state index is -4.38. The Kier molecular flexibility index (Phi) is 10.6. The zero-order valence-electron chi connectivity index (χ0n) is 25.0. The third kappa shape index (κ3) is 8.62. The molecule has 14 heteroatoms. The number of ether oxygens (including phenoxy) is 1. The highest BCUT2D eigenvalue weighted by Crippen LogP contribution is 2.31. The number of alkyl halides is 3. The fourth-order valence-electron chi connectivity index (χ4n) is 5.04. The van der Waals surface area contributed by atoms with Gasteiger partial charge in [0, 0.05) is 81.2 Å². The molecule has 46 heavy (non-hydrogen) atoms. The maximum atomic E-state index is 13.4. The molecule has 0 saturated carbocycles. The number of thioether (sulfide) groups is 1. The number of aryl methyl sites for hydroxylation is 1. The van der Waals surface area contributed by atoms with Crippen molar-refractivity contribution < 1.29 is 27.1 Å². The predicted octanol–water partition coefficient (Wildman–Crippen LogP) is 5.21. The second-order valence-corrected chi connectivity index (χ2v) is 11.7. The molecular formula is C32H32F4N6O3S. The SMILES string of the molecule is COc1ncc(Cc2cn(CCCC(=O)N3CCN(c4ccc(C(F)(F)F)cc4)CC3)c(SCc3ccc(F)cc3)nc2=O)cn1. The molecule has 0 aliphatic carbocycles. The molecule has 0 bridgehead atoms. The highest BCUT2D eigenvalue weighted by atomic mass is 32.2. The molecule has 0 atom stereocenters. The zero-order valence-corrected chi connectivity index (χ0v) is 25.9. The average Bonchev–Trinajstić information content (AvgIpc) is 3.06. The first kappa shape index (κ1) is 32.9. The Morgan fingerprint density at radius 1 is 0.957 bits per heavy atom. The van der Waals surface area contributed by atoms with Crippen LogP contribution in [0.1, 0.15) is 35.1 Å². The molecule has 242 valence electrons. The van der Waals surface area contributed by atoms with Crippen molar-refractivity contribution >= 4 is 23.4 Å². The van der Waals surface area contributed by atoms with E-state index in [2.05, 4.69) is 15.0 Å². The van der Waals surface area contributed by atoms with Crippen LogP contribution in [0.4, 0.5) is 23.2 Å². The lowest BCUT2D eigenvalue weighted by molar-refractivity contribution is -0.137. The van der Waals surface area contributed by atoms with Crippen molar-refractivity contribution in [2.45, 2.75) is 42.9 Å². The van der Waals surface area contributed by atoms with Crippen molar-refractivity contribution in [1.82, 2.24) is 24.4 Å². The summed E-state index contributed by atoms with van der Waals surface area (Å²) >= 11 is 1.35. The van der Waals surface area contributed by atoms with Crippen LogP contribution in [-0.2, 0) is 29.7 Å². The highest BCUT2D eigenvalue weighted by molar-refractivity contribution is 7.98. The Morgan fingerprint density at radius 2 is 1.63 bits per heavy atom. The summed E-state index contributed by atoms with van der Waals surface area (Å²) in [5.41, 5.74) is 1.65. The maximum absolute atomic E-state index is 13.4. The Bertz CT molecular complexity index is 1680. The summed E-state index contributed by atoms with van der Waals surface area (Å²) in [5.74, 6) is 0.124. The minimum Gasteiger partial charge on any atom is -0.467 e. The second-order valence-electron chi connectivity index (χ2n) is 10.7. The van der Waals surface area contributed by atoms with Gasteiger partial charge in [-0.25, -0.2) is 14.4 Å². The number of anilines is 1. The van der Waals surface area contributed by atoms with Crippen LogP contribution in [0.3, 0.4) is 0 Å². The molecule has 2 aromatic heterocycles. The van der Waals surface area contributed by atoms with Crippen molar-refractivity contribution in [3.63, 3.8) is 0 Å². The number of nitrogens with zero attached hydrogens (tertiary/aromatic N) is 6. The number of benzene rings is 2. The minimum absolute atomic E-state index is 0.0165. The van der Waals surface area contributed by atoms with Gasteiger partial charge in [0.25, 0.3) is 5.56 Å². The van der Waals surface area contributed by atoms with Gasteiger partial charge in [0.1, 0.15) is 5.82 Å². The van der Waals surface area contributed by atoms with E-state index in [-0.39, 0.29) is 36.1 Å². The summed E-state index contributed by atoms with van der Waals surface area (Å²) in [7, 11) is 1.47. The van der Waals surface area contributed by atoms with E-state index in [0.29, 0.717) is 66.9 Å². The van der Waals surface area contributed by atoms with Crippen molar-refractivity contribution in [3.8, 4) is 6.01 Å². The summed E-state index contributed by atoms with van der Waals surface area (Å²) in [4.78, 5) is 42.3. The summed E-state index contributed by atoms with van der Waals surface area (Å²) in [6.07, 6.45) is 1.57. The number of hydrogen-bond acceptors (Lipinski definition) is 8. The molecule has 1 aliphatic rings. The van der Waals surface area contributed by atoms with Gasteiger partial charge in [-0.2, -0.15) is 18.2 Å². The van der Waals surface area contributed by atoms with Gasteiger partial charge < -0.3 is 19.1 Å². The van der Waals surface area contributed by atoms with Crippen LogP contribution in [-0.4, -0.2) is 63.6 Å². The summed E-state index contributed by atoms with van der Waals surface area (Å²) < 4.78 is 59.0. The van der Waals surface area contributed by atoms with E-state index in [9.17, 15) is 27.2 Å². The van der Waals surface area contributed by atoms with Crippen LogP contribution < -0.4 is 15.2 Å². The number of methoxy groups -OCH3 is 1. The van der Waals surface area contributed by atoms with Gasteiger partial charge in [0.15, 0.2) is 5.16 Å². The number of amides is 1. The number of rotatable bonds is 11. The molecule has 3 heterocycles. The number of carbonyl (C=O) groups excluding carboxylic acids is 1. The van der Waals surface area contributed by atoms with E-state index in [1.165, 1.54) is 43.1 Å². The van der Waals surface area contributed by atoms with Crippen LogP contribution in [0.25, 0.3) is 0 Å². The van der Waals surface area contributed by atoms with E-state index in [0.717, 1.165) is 17.7 Å². The molecule has 2 aromatic carbocycles. The van der Waals surface area contributed by atoms with Gasteiger partial charge in [0.05, 0.1) is 12.7 Å². The van der Waals surface area contributed by atoms with E-state index in [1.54, 1.807) is 35.6 Å². The van der Waals surface area contributed by atoms with Crippen LogP contribution in [0.5, 0.6) is 6.01 Å². The van der Waals surface area contributed by atoms with Crippen molar-refractivity contribution in [1.29, 1.82) is 0 Å². The first-order chi connectivity index (χ1) is 22.1. The van der Waals surface area contributed by atoms with E-state index in [4.69, 9.17) is 4.74 Å². The number of hydrogen-bond donors (Lipinski definition) is 0. The molecule has 0 N–H and O–H groups in total. The molecule has 1 amide bonds. The predicted molar refractivity (Wildman–Crippen MR) is 165 cm³/mol. The molecule has 0 unspecified atom stereocenters. The first-order valence-corrected chi connectivity index (χ1v) is 15.6. The van der Waals surface area contributed by atoms with Crippen molar-refractivity contribution in [2.24, 2.45) is 0 Å². The molecule has 9 nitrogen and oxygen atoms in total. The Hall–Kier alpha value is -4.46. The van der Waals surface area contributed by atoms with Crippen molar-refractivity contribution in [3.05, 3.63) is 106 Å². The lowest BCUT2D eigenvalue weighted by atomic mass is 10.1. The van der Waals surface area contributed by atoms with Crippen LogP contribution in [0.15, 0.2) is 77.1 Å². The number of halogens is 4. The highest BCUT2D eigenvalue weighted by Gasteiger charge is 2.30. The molecular weight excluding hydrogens is 624 g/mol. The molecule has 1 saturated heterocycles. The maximum Gasteiger partial charge on any atom is 0.416 e. The number of carbonyl (C=O) groups is 1. The summed E-state index contributed by atoms with van der Waals surface area (Å²) in [6.45, 7) is 2.40. The van der Waals surface area contributed by atoms with E-state index in [1.807, 2.05) is 9.47 Å². The van der Waals surface area contributed by atoms with Gasteiger partial charge in [-0.15, -0.1) is 0 Å². The largest absolute Gasteiger partial charge is 0.467 e. The second kappa shape index (κ2) is 14.8. The van der Waals surface area contributed by atoms with Gasteiger partial charge >= 0.3 is 12.2 Å². The van der Waals surface area contributed by atoms with Gasteiger partial charge in [0.2, 0.25) is 5.91 Å². The molecule has 0 radical (unpaired) electrons. The molecule has 1 fully saturated rings. The summed E-state index contributed by atoms with van der Waals surface area (Å²) in [6, 6.07) is 11.4. The number of piperazine rings is 1. The van der Waals surface area contributed by atoms with Gasteiger partial charge in [-0.05, 0) is 53.9 Å². The van der Waals surface area contributed by atoms with Gasteiger partial charge in [-0.1, -0.05) is 23.9 Å². The lowest BCUT2D eigenvalue weighted by Crippen LogP contribution is -2.48. The van der Waals surface area contributed by atoms with E-state index >= 15 is 0 Å². The topological polar surface area (TPSA) is 93.5 Å². The monoisotopic (exact) mass is 656 g/mol. The van der Waals surface area contributed by atoms with Crippen LogP contribution >= 0.6 is 11.8 Å². The first-order valence-electron chi connectivity index (χ1n) is 14.6. The quantitative estimate of drug-likeness (QED) is 0.123. The summed E-state index contributed by atoms with van der Waals surface area (Å²) in [5, 5.41) is 0.488. The fourth-order valence-corrected chi connectivity index (χ4v) is 5.99. The standard InChI is InChI=1S/C32H32F4N6O3S/c1-45-30-37-18-23(19-38-30)17-24-20-42(31(39-29(24)44)46-21-22-4-8-26(33)9-5-22)12-2-3-28(43)41-15-13-40(14-16-41)27-10-6-25(7-11-27)32(34,35)36/h4-11,18-20H,2-3,12-17,21H2,1H3. The van der Waals surface area contributed by atoms with Crippen LogP contribution in [0, 0.1) is 5.82 Å². The Balaban J connectivity index is 1.21. The fraction of sp³-hybridized carbons (Fsp3) is 0.344. The Labute approximate surface area is 267 Å². The van der Waals surface area contributed by atoms with Crippen molar-refractivity contribution in [2.75, 3.05) is 38.2 Å². The molecule has 0 spiro atoms. The smallest absolute Gasteiger partial charge is 0.416 e. The van der Waals surface area contributed by atoms with Gasteiger partial charge in [-0.3, -0.25) is 9.59 Å². The van der Waals surface area contributed by atoms with E-state index < -0.39 is 11.7 Å². The third-order valence-corrected chi connectivity index (χ3v) is 8.61. The number of aromatic nitrogens is 4. The molecule has 5 rings (SSSR count). The average molecular weight is 657 g/mol. The zero-order chi connectivity index (χ0) is 32.7. The van der Waals surface area contributed by atoms with Crippen LogP contribution in [0.2, 0.25) is 0 Å². The normalized spacial score (nSPS) is 13.6. The Morgan fingerprint density at radius 3 is 2.26 bits per heavy atom. The third-order valence-electron chi connectivity index (χ3n) is 7.55. The molecule has 1 aliphatic heterocycles.